The van der Waals surface area contributed by atoms with E-state index in [0.29, 0.717) is 36.5 Å². The van der Waals surface area contributed by atoms with Crippen molar-refractivity contribution in [2.45, 2.75) is 24.9 Å². The molecule has 1 unspecified atom stereocenters. The van der Waals surface area contributed by atoms with E-state index in [1.54, 1.807) is 18.2 Å². The summed E-state index contributed by atoms with van der Waals surface area (Å²) in [4.78, 5) is 24.9. The summed E-state index contributed by atoms with van der Waals surface area (Å²) in [7, 11) is -2.70. The first kappa shape index (κ1) is 22.2. The van der Waals surface area contributed by atoms with Crippen LogP contribution in [0.5, 0.6) is 0 Å². The molecule has 0 bridgehead atoms. The van der Waals surface area contributed by atoms with E-state index in [-0.39, 0.29) is 24.0 Å². The molecule has 4 rings (SSSR count). The average molecular weight is 466 g/mol. The van der Waals surface area contributed by atoms with Gasteiger partial charge in [0.1, 0.15) is 24.8 Å². The van der Waals surface area contributed by atoms with E-state index in [1.165, 1.54) is 17.2 Å². The van der Waals surface area contributed by atoms with Crippen molar-refractivity contribution in [3.63, 3.8) is 0 Å². The second-order valence-corrected chi connectivity index (χ2v) is 10.2. The van der Waals surface area contributed by atoms with Gasteiger partial charge in [0.15, 0.2) is 5.82 Å². The van der Waals surface area contributed by atoms with Crippen molar-refractivity contribution in [3.8, 4) is 0 Å². The minimum Gasteiger partial charge on any atom is -0.442 e. The highest BCUT2D eigenvalue weighted by Gasteiger charge is 2.33. The van der Waals surface area contributed by atoms with Gasteiger partial charge in [0, 0.05) is 17.6 Å². The summed E-state index contributed by atoms with van der Waals surface area (Å²) in [6.07, 6.45) is 1.27. The summed E-state index contributed by atoms with van der Waals surface area (Å²) in [5.74, 6) is -0.549. The van der Waals surface area contributed by atoms with Crippen LogP contribution in [0.1, 0.15) is 24.3 Å². The Morgan fingerprint density at radius 3 is 2.78 bits per heavy atom. The molecular weight excluding hydrogens is 443 g/mol. The largest absolute Gasteiger partial charge is 0.442 e. The lowest BCUT2D eigenvalue weighted by Gasteiger charge is -2.25. The minimum atomic E-state index is -2.70. The van der Waals surface area contributed by atoms with Crippen LogP contribution in [0.3, 0.4) is 0 Å². The molecule has 0 saturated carbocycles. The molecule has 1 aromatic heterocycles. The SMILES string of the molecule is O=C(CO)N=S1(=O)CCC(c2ccc(N3CC(CNc4ccon4)OC3=O)cc2F)CC1. The van der Waals surface area contributed by atoms with Gasteiger partial charge in [-0.1, -0.05) is 11.2 Å². The molecule has 12 heteroatoms. The van der Waals surface area contributed by atoms with E-state index in [4.69, 9.17) is 14.4 Å². The fourth-order valence-electron chi connectivity index (χ4n) is 3.89. The quantitative estimate of drug-likeness (QED) is 0.661. The molecule has 2 fully saturated rings. The molecule has 2 saturated heterocycles. The first-order valence-electron chi connectivity index (χ1n) is 10.1. The molecular formula is C20H23FN4O6S. The zero-order valence-electron chi connectivity index (χ0n) is 17.1. The highest BCUT2D eigenvalue weighted by atomic mass is 32.2. The summed E-state index contributed by atoms with van der Waals surface area (Å²) in [5.41, 5.74) is 0.865. The fourth-order valence-corrected chi connectivity index (χ4v) is 6.01. The van der Waals surface area contributed by atoms with E-state index < -0.39 is 40.3 Å². The zero-order chi connectivity index (χ0) is 22.7. The Balaban J connectivity index is 1.39. The van der Waals surface area contributed by atoms with Crippen LogP contribution in [0.25, 0.3) is 0 Å². The van der Waals surface area contributed by atoms with E-state index in [2.05, 4.69) is 14.8 Å². The van der Waals surface area contributed by atoms with Crippen LogP contribution < -0.4 is 10.2 Å². The summed E-state index contributed by atoms with van der Waals surface area (Å²) < 4.78 is 41.2. The highest BCUT2D eigenvalue weighted by molar-refractivity contribution is 7.93. The molecule has 10 nitrogen and oxygen atoms in total. The monoisotopic (exact) mass is 466 g/mol. The fraction of sp³-hybridized carbons (Fsp3) is 0.450. The third-order valence-electron chi connectivity index (χ3n) is 5.53. The van der Waals surface area contributed by atoms with E-state index >= 15 is 0 Å². The number of hydrogen-bond acceptors (Lipinski definition) is 8. The number of aromatic nitrogens is 1. The third-order valence-corrected chi connectivity index (χ3v) is 7.82. The molecule has 0 aliphatic carbocycles. The number of anilines is 2. The maximum atomic E-state index is 14.9. The molecule has 1 aromatic carbocycles. The van der Waals surface area contributed by atoms with E-state index in [1.807, 2.05) is 0 Å². The number of benzene rings is 1. The van der Waals surface area contributed by atoms with Crippen LogP contribution >= 0.6 is 0 Å². The molecule has 0 radical (unpaired) electrons. The number of rotatable bonds is 6. The van der Waals surface area contributed by atoms with Gasteiger partial charge in [0.2, 0.25) is 0 Å². The second-order valence-electron chi connectivity index (χ2n) is 7.69. The standard InChI is InChI=1S/C20H23FN4O6S/c21-17-9-14(25-11-15(31-20(25)28)10-22-18-3-6-30-23-18)1-2-16(17)13-4-7-32(29,8-5-13)24-19(27)12-26/h1-3,6,9,13,15,26H,4-5,7-8,10-12H2,(H,22,23). The van der Waals surface area contributed by atoms with Gasteiger partial charge in [-0.3, -0.25) is 9.69 Å². The van der Waals surface area contributed by atoms with Gasteiger partial charge in [-0.15, -0.1) is 0 Å². The number of carbonyl (C=O) groups is 2. The summed E-state index contributed by atoms with van der Waals surface area (Å²) >= 11 is 0. The van der Waals surface area contributed by atoms with Gasteiger partial charge in [-0.05, 0) is 36.5 Å². The summed E-state index contributed by atoms with van der Waals surface area (Å²) in [6, 6.07) is 6.24. The molecule has 3 heterocycles. The predicted molar refractivity (Wildman–Crippen MR) is 113 cm³/mol. The first-order chi connectivity index (χ1) is 15.4. The summed E-state index contributed by atoms with van der Waals surface area (Å²) in [6.45, 7) is -0.179. The number of aliphatic hydroxyl groups is 1. The van der Waals surface area contributed by atoms with Gasteiger partial charge in [-0.25, -0.2) is 13.4 Å². The molecule has 172 valence electrons. The van der Waals surface area contributed by atoms with Gasteiger partial charge in [0.25, 0.3) is 5.91 Å². The van der Waals surface area contributed by atoms with Crippen LogP contribution in [-0.2, 0) is 19.3 Å². The summed E-state index contributed by atoms with van der Waals surface area (Å²) in [5, 5.41) is 15.5. The maximum absolute atomic E-state index is 14.9. The Hall–Kier alpha value is -2.99. The van der Waals surface area contributed by atoms with Crippen LogP contribution in [0.4, 0.5) is 20.7 Å². The number of amides is 2. The van der Waals surface area contributed by atoms with Gasteiger partial charge in [0.05, 0.1) is 28.5 Å². The van der Waals surface area contributed by atoms with Crippen LogP contribution in [0.2, 0.25) is 0 Å². The molecule has 2 aliphatic rings. The Morgan fingerprint density at radius 1 is 1.34 bits per heavy atom. The van der Waals surface area contributed by atoms with Crippen molar-refractivity contribution in [2.75, 3.05) is 41.4 Å². The first-order valence-corrected chi connectivity index (χ1v) is 12.0. The maximum Gasteiger partial charge on any atom is 0.414 e. The Morgan fingerprint density at radius 2 is 2.12 bits per heavy atom. The van der Waals surface area contributed by atoms with Crippen molar-refractivity contribution in [1.82, 2.24) is 5.16 Å². The molecule has 1 atom stereocenters. The van der Waals surface area contributed by atoms with Crippen molar-refractivity contribution >= 4 is 33.2 Å². The molecule has 2 amide bonds. The van der Waals surface area contributed by atoms with Gasteiger partial charge >= 0.3 is 6.09 Å². The van der Waals surface area contributed by atoms with Crippen LogP contribution in [0, 0.1) is 5.82 Å². The van der Waals surface area contributed by atoms with Crippen molar-refractivity contribution < 1.29 is 32.6 Å². The lowest BCUT2D eigenvalue weighted by Crippen LogP contribution is -2.27. The number of aliphatic hydroxyl groups excluding tert-OH is 1. The van der Waals surface area contributed by atoms with Crippen molar-refractivity contribution in [2.24, 2.45) is 4.36 Å². The lowest BCUT2D eigenvalue weighted by molar-refractivity contribution is -0.120. The second kappa shape index (κ2) is 9.25. The number of nitrogens with one attached hydrogen (secondary N) is 1. The van der Waals surface area contributed by atoms with Gasteiger partial charge in [-0.2, -0.15) is 4.36 Å². The predicted octanol–water partition coefficient (Wildman–Crippen LogP) is 2.12. The molecule has 2 aliphatic heterocycles. The normalized spacial score (nSPS) is 25.4. The van der Waals surface area contributed by atoms with Crippen LogP contribution in [0.15, 0.2) is 39.4 Å². The molecule has 2 N–H and O–H groups in total. The lowest BCUT2D eigenvalue weighted by atomic mass is 9.93. The smallest absolute Gasteiger partial charge is 0.414 e. The van der Waals surface area contributed by atoms with E-state index in [9.17, 15) is 18.2 Å². The number of carbonyl (C=O) groups excluding carboxylic acids is 2. The van der Waals surface area contributed by atoms with E-state index in [0.717, 1.165) is 0 Å². The number of nitrogens with zero attached hydrogens (tertiary/aromatic N) is 3. The number of cyclic esters (lactones) is 1. The van der Waals surface area contributed by atoms with Crippen LogP contribution in [-0.4, -0.2) is 63.8 Å². The number of hydrogen-bond donors (Lipinski definition) is 2. The van der Waals surface area contributed by atoms with Gasteiger partial charge < -0.3 is 19.7 Å². The van der Waals surface area contributed by atoms with Crippen molar-refractivity contribution in [3.05, 3.63) is 41.9 Å². The number of ether oxygens (including phenoxy) is 1. The average Bonchev–Trinajstić information content (AvgIpc) is 3.42. The topological polar surface area (TPSA) is 134 Å². The van der Waals surface area contributed by atoms with Crippen molar-refractivity contribution in [1.29, 1.82) is 0 Å². The minimum absolute atomic E-state index is 0.164. The number of halogens is 1. The Kier molecular flexibility index (Phi) is 6.42. The molecule has 2 aromatic rings. The zero-order valence-corrected chi connectivity index (χ0v) is 17.9. The molecule has 0 spiro atoms. The Labute approximate surface area is 183 Å². The highest BCUT2D eigenvalue weighted by Crippen LogP contribution is 2.34. The molecule has 32 heavy (non-hydrogen) atoms. The Bertz CT molecular complexity index is 1100. The third kappa shape index (κ3) is 4.91.